The summed E-state index contributed by atoms with van der Waals surface area (Å²) in [6.07, 6.45) is 0.271. The molecular weight excluding hydrogens is 408 g/mol. The molecule has 8 nitrogen and oxygen atoms in total. The second-order valence-corrected chi connectivity index (χ2v) is 13.0. The van der Waals surface area contributed by atoms with Crippen molar-refractivity contribution < 1.29 is 37.6 Å². The molecule has 30 heavy (non-hydrogen) atoms. The molecule has 0 heterocycles. The highest BCUT2D eigenvalue weighted by Gasteiger charge is 2.36. The molecule has 0 spiro atoms. The molecule has 0 aromatic rings. The Bertz CT molecular complexity index is 412. The van der Waals surface area contributed by atoms with Gasteiger partial charge in [0.2, 0.25) is 0 Å². The fourth-order valence-electron chi connectivity index (χ4n) is 1.94. The average Bonchev–Trinajstić information content (AvgIpc) is 2.66. The smallest absolute Gasteiger partial charge is 0.308 e. The lowest BCUT2D eigenvalue weighted by Gasteiger charge is -2.36. The maximum atomic E-state index is 11.1. The second-order valence-electron chi connectivity index (χ2n) is 8.23. The Morgan fingerprint density at radius 3 is 1.40 bits per heavy atom. The van der Waals surface area contributed by atoms with Crippen molar-refractivity contribution in [1.82, 2.24) is 0 Å². The van der Waals surface area contributed by atoms with Crippen LogP contribution in [0.1, 0.15) is 34.1 Å². The first kappa shape index (κ1) is 29.4. The highest BCUT2D eigenvalue weighted by molar-refractivity contribution is 6.74. The fraction of sp³-hybridized carbons (Fsp3) is 0.952. The van der Waals surface area contributed by atoms with Gasteiger partial charge in [0, 0.05) is 0 Å². The molecule has 0 amide bonds. The molecule has 0 saturated heterocycles. The van der Waals surface area contributed by atoms with E-state index >= 15 is 0 Å². The van der Waals surface area contributed by atoms with Gasteiger partial charge >= 0.3 is 5.97 Å². The minimum atomic E-state index is -1.68. The number of ether oxygens (including phenoxy) is 6. The van der Waals surface area contributed by atoms with Gasteiger partial charge in [-0.05, 0) is 25.1 Å². The van der Waals surface area contributed by atoms with Gasteiger partial charge in [-0.25, -0.2) is 0 Å². The van der Waals surface area contributed by atoms with Crippen LogP contribution in [0.4, 0.5) is 0 Å². The van der Waals surface area contributed by atoms with Gasteiger partial charge < -0.3 is 32.8 Å². The van der Waals surface area contributed by atoms with Crippen molar-refractivity contribution >= 4 is 14.3 Å². The van der Waals surface area contributed by atoms with Crippen LogP contribution < -0.4 is 0 Å². The van der Waals surface area contributed by atoms with E-state index in [2.05, 4.69) is 33.9 Å². The van der Waals surface area contributed by atoms with Gasteiger partial charge in [0.1, 0.15) is 0 Å². The van der Waals surface area contributed by atoms with Gasteiger partial charge in [0.25, 0.3) is 0 Å². The van der Waals surface area contributed by atoms with Crippen molar-refractivity contribution in [2.45, 2.75) is 52.2 Å². The Balaban J connectivity index is 3.23. The molecule has 0 rings (SSSR count). The predicted molar refractivity (Wildman–Crippen MR) is 118 cm³/mol. The molecule has 0 N–H and O–H groups in total. The van der Waals surface area contributed by atoms with E-state index in [-0.39, 0.29) is 17.4 Å². The SMILES string of the molecule is CCOC(=O)CCOCCOCCOCCOCCOCCO[Si](C)(C)C(C)(C)C. The Morgan fingerprint density at radius 1 is 0.667 bits per heavy atom. The van der Waals surface area contributed by atoms with Crippen molar-refractivity contribution in [3.8, 4) is 0 Å². The van der Waals surface area contributed by atoms with E-state index in [0.717, 1.165) is 0 Å². The summed E-state index contributed by atoms with van der Waals surface area (Å²) in [4.78, 5) is 11.1. The molecule has 0 unspecified atom stereocenters. The molecule has 0 aromatic carbocycles. The highest BCUT2D eigenvalue weighted by atomic mass is 28.4. The van der Waals surface area contributed by atoms with Crippen LogP contribution in [0.25, 0.3) is 0 Å². The zero-order valence-electron chi connectivity index (χ0n) is 20.0. The summed E-state index contributed by atoms with van der Waals surface area (Å²) in [6.45, 7) is 19.0. The Hall–Kier alpha value is -0.553. The first-order valence-electron chi connectivity index (χ1n) is 10.9. The predicted octanol–water partition coefficient (Wildman–Crippen LogP) is 3.04. The van der Waals surface area contributed by atoms with E-state index in [1.807, 2.05) is 0 Å². The third-order valence-electron chi connectivity index (χ3n) is 4.74. The second kappa shape index (κ2) is 18.1. The molecule has 0 atom stereocenters. The van der Waals surface area contributed by atoms with Crippen LogP contribution in [-0.4, -0.2) is 93.6 Å². The summed E-state index contributed by atoms with van der Waals surface area (Å²) in [5, 5.41) is 0.223. The van der Waals surface area contributed by atoms with Gasteiger partial charge in [-0.1, -0.05) is 20.8 Å². The third-order valence-corrected chi connectivity index (χ3v) is 9.28. The number of hydrogen-bond donors (Lipinski definition) is 0. The maximum absolute atomic E-state index is 11.1. The molecule has 0 aliphatic rings. The summed E-state index contributed by atoms with van der Waals surface area (Å²) in [6, 6.07) is 0. The van der Waals surface area contributed by atoms with Crippen molar-refractivity contribution in [3.05, 3.63) is 0 Å². The first-order chi connectivity index (χ1) is 14.2. The zero-order valence-corrected chi connectivity index (χ0v) is 21.0. The summed E-state index contributed by atoms with van der Waals surface area (Å²) in [5.74, 6) is -0.240. The van der Waals surface area contributed by atoms with Crippen molar-refractivity contribution in [3.63, 3.8) is 0 Å². The van der Waals surface area contributed by atoms with Gasteiger partial charge in [0.05, 0.1) is 85.7 Å². The normalized spacial score (nSPS) is 12.3. The van der Waals surface area contributed by atoms with Crippen LogP contribution >= 0.6 is 0 Å². The van der Waals surface area contributed by atoms with E-state index in [0.29, 0.717) is 79.3 Å². The number of hydrogen-bond acceptors (Lipinski definition) is 8. The zero-order chi connectivity index (χ0) is 22.7. The van der Waals surface area contributed by atoms with Gasteiger partial charge in [-0.15, -0.1) is 0 Å². The molecule has 0 bridgehead atoms. The number of esters is 1. The third kappa shape index (κ3) is 17.2. The monoisotopic (exact) mass is 452 g/mol. The Kier molecular flexibility index (Phi) is 17.7. The maximum Gasteiger partial charge on any atom is 0.308 e. The lowest BCUT2D eigenvalue weighted by Crippen LogP contribution is -2.41. The topological polar surface area (TPSA) is 81.7 Å². The summed E-state index contributed by atoms with van der Waals surface area (Å²) < 4.78 is 37.9. The summed E-state index contributed by atoms with van der Waals surface area (Å²) >= 11 is 0. The minimum absolute atomic E-state index is 0.223. The summed E-state index contributed by atoms with van der Waals surface area (Å²) in [7, 11) is -1.68. The molecular formula is C21H44O8Si. The minimum Gasteiger partial charge on any atom is -0.466 e. The fourth-order valence-corrected chi connectivity index (χ4v) is 2.97. The highest BCUT2D eigenvalue weighted by Crippen LogP contribution is 2.36. The Morgan fingerprint density at radius 2 is 1.03 bits per heavy atom. The molecule has 180 valence electrons. The number of carbonyl (C=O) groups is 1. The van der Waals surface area contributed by atoms with Crippen LogP contribution in [0, 0.1) is 0 Å². The van der Waals surface area contributed by atoms with E-state index < -0.39 is 8.32 Å². The van der Waals surface area contributed by atoms with E-state index in [4.69, 9.17) is 32.8 Å². The van der Waals surface area contributed by atoms with Crippen molar-refractivity contribution in [2.75, 3.05) is 79.3 Å². The Labute approximate surface area is 183 Å². The quantitative estimate of drug-likeness (QED) is 0.158. The molecule has 0 aliphatic carbocycles. The molecule has 9 heteroatoms. The van der Waals surface area contributed by atoms with Gasteiger partial charge in [0.15, 0.2) is 8.32 Å². The van der Waals surface area contributed by atoms with Crippen molar-refractivity contribution in [2.24, 2.45) is 0 Å². The summed E-state index contributed by atoms with van der Waals surface area (Å²) in [5.41, 5.74) is 0. The molecule has 0 fully saturated rings. The molecule has 0 aromatic heterocycles. The van der Waals surface area contributed by atoms with Crippen LogP contribution in [0.2, 0.25) is 18.1 Å². The standard InChI is InChI=1S/C21H44O8Si/c1-7-28-20(22)8-9-23-10-11-24-12-13-25-14-15-26-16-17-27-18-19-29-30(5,6)21(2,3)4/h7-19H2,1-6H3. The largest absolute Gasteiger partial charge is 0.466 e. The molecule has 0 saturated carbocycles. The van der Waals surface area contributed by atoms with Gasteiger partial charge in [-0.3, -0.25) is 4.79 Å². The van der Waals surface area contributed by atoms with Crippen LogP contribution in [0.5, 0.6) is 0 Å². The average molecular weight is 453 g/mol. The molecule has 0 radical (unpaired) electrons. The number of rotatable bonds is 20. The molecule has 0 aliphatic heterocycles. The van der Waals surface area contributed by atoms with E-state index in [9.17, 15) is 4.79 Å². The van der Waals surface area contributed by atoms with Crippen LogP contribution in [-0.2, 0) is 37.6 Å². The van der Waals surface area contributed by atoms with E-state index in [1.165, 1.54) is 0 Å². The number of carbonyl (C=O) groups excluding carboxylic acids is 1. The van der Waals surface area contributed by atoms with E-state index in [1.54, 1.807) is 6.92 Å². The van der Waals surface area contributed by atoms with Crippen LogP contribution in [0.3, 0.4) is 0 Å². The lowest BCUT2D eigenvalue weighted by atomic mass is 10.2. The lowest BCUT2D eigenvalue weighted by molar-refractivity contribution is -0.144. The van der Waals surface area contributed by atoms with Gasteiger partial charge in [-0.2, -0.15) is 0 Å². The van der Waals surface area contributed by atoms with Crippen LogP contribution in [0.15, 0.2) is 0 Å². The first-order valence-corrected chi connectivity index (χ1v) is 13.8. The van der Waals surface area contributed by atoms with Crippen molar-refractivity contribution in [1.29, 1.82) is 0 Å².